The first-order chi connectivity index (χ1) is 9.51. The van der Waals surface area contributed by atoms with Crippen LogP contribution in [0.15, 0.2) is 35.3 Å². The van der Waals surface area contributed by atoms with Gasteiger partial charge in [0.05, 0.1) is 17.7 Å². The van der Waals surface area contributed by atoms with E-state index in [9.17, 15) is 14.9 Å². The second-order valence-electron chi connectivity index (χ2n) is 4.28. The molecular formula is C12H13N5O3. The highest BCUT2D eigenvalue weighted by Gasteiger charge is 2.13. The summed E-state index contributed by atoms with van der Waals surface area (Å²) in [4.78, 5) is 22.0. The van der Waals surface area contributed by atoms with E-state index in [-0.39, 0.29) is 23.5 Å². The zero-order valence-corrected chi connectivity index (χ0v) is 10.7. The van der Waals surface area contributed by atoms with Gasteiger partial charge in [0, 0.05) is 12.1 Å². The van der Waals surface area contributed by atoms with Gasteiger partial charge in [-0.05, 0) is 24.1 Å². The molecule has 0 unspecified atom stereocenters. The number of nitro benzene ring substituents is 1. The molecule has 1 heterocycles. The molecule has 0 saturated carbocycles. The van der Waals surface area contributed by atoms with Crippen LogP contribution in [0.2, 0.25) is 0 Å². The first-order valence-electron chi connectivity index (χ1n) is 5.79. The molecule has 8 nitrogen and oxygen atoms in total. The molecule has 0 aliphatic rings. The number of nitrogens with one attached hydrogen (secondary N) is 1. The number of rotatable bonds is 4. The molecule has 1 aromatic carbocycles. The van der Waals surface area contributed by atoms with E-state index in [2.05, 4.69) is 10.5 Å². The van der Waals surface area contributed by atoms with Gasteiger partial charge in [-0.25, -0.2) is 4.68 Å². The number of hydrogen-bond acceptors (Lipinski definition) is 6. The highest BCUT2D eigenvalue weighted by atomic mass is 16.6. The first-order valence-corrected chi connectivity index (χ1v) is 5.79. The van der Waals surface area contributed by atoms with Gasteiger partial charge in [0.25, 0.3) is 11.2 Å². The van der Waals surface area contributed by atoms with E-state index in [0.717, 1.165) is 5.56 Å². The number of nitrogen functional groups attached to an aromatic ring is 1. The average molecular weight is 275 g/mol. The minimum Gasteiger partial charge on any atom is -0.318 e. The standard InChI is InChI=1S/C12H13N5O3/c1-8-4-12(18)16(14-6-8)7-9-2-3-11(17(19)20)10(5-9)15-13/h2-6,15H,7,13H2,1H3. The number of benzene rings is 1. The third-order valence-corrected chi connectivity index (χ3v) is 2.75. The van der Waals surface area contributed by atoms with E-state index in [1.165, 1.54) is 22.9 Å². The van der Waals surface area contributed by atoms with Crippen molar-refractivity contribution in [3.8, 4) is 0 Å². The van der Waals surface area contributed by atoms with Crippen LogP contribution >= 0.6 is 0 Å². The van der Waals surface area contributed by atoms with E-state index in [1.807, 2.05) is 0 Å². The van der Waals surface area contributed by atoms with Crippen molar-refractivity contribution < 1.29 is 4.92 Å². The fraction of sp³-hybridized carbons (Fsp3) is 0.167. The van der Waals surface area contributed by atoms with Crippen LogP contribution in [0.1, 0.15) is 11.1 Å². The molecule has 2 aromatic rings. The number of aryl methyl sites for hydroxylation is 1. The summed E-state index contributed by atoms with van der Waals surface area (Å²) in [7, 11) is 0. The van der Waals surface area contributed by atoms with Gasteiger partial charge in [-0.15, -0.1) is 0 Å². The zero-order chi connectivity index (χ0) is 14.7. The van der Waals surface area contributed by atoms with Gasteiger partial charge in [-0.3, -0.25) is 20.8 Å². The maximum absolute atomic E-state index is 11.7. The van der Waals surface area contributed by atoms with Crippen molar-refractivity contribution in [2.24, 2.45) is 5.84 Å². The number of nitrogens with zero attached hydrogens (tertiary/aromatic N) is 3. The van der Waals surface area contributed by atoms with Gasteiger partial charge >= 0.3 is 0 Å². The Morgan fingerprint density at radius 3 is 2.80 bits per heavy atom. The Kier molecular flexibility index (Phi) is 3.76. The Bertz CT molecular complexity index is 710. The number of hydrogen-bond donors (Lipinski definition) is 2. The second kappa shape index (κ2) is 5.49. The predicted octanol–water partition coefficient (Wildman–Crippen LogP) is 0.794. The molecule has 2 rings (SSSR count). The molecule has 0 amide bonds. The molecule has 1 aromatic heterocycles. The van der Waals surface area contributed by atoms with Crippen molar-refractivity contribution in [1.82, 2.24) is 9.78 Å². The number of nitro groups is 1. The molecule has 8 heteroatoms. The van der Waals surface area contributed by atoms with E-state index < -0.39 is 4.92 Å². The Balaban J connectivity index is 2.34. The van der Waals surface area contributed by atoms with Gasteiger partial charge in [0.2, 0.25) is 0 Å². The smallest absolute Gasteiger partial charge is 0.293 e. The van der Waals surface area contributed by atoms with E-state index in [1.54, 1.807) is 19.2 Å². The molecule has 0 atom stereocenters. The van der Waals surface area contributed by atoms with Crippen LogP contribution in [0.4, 0.5) is 11.4 Å². The lowest BCUT2D eigenvalue weighted by atomic mass is 10.1. The third kappa shape index (κ3) is 2.81. The van der Waals surface area contributed by atoms with Crippen molar-refractivity contribution in [1.29, 1.82) is 0 Å². The topological polar surface area (TPSA) is 116 Å². The molecule has 0 radical (unpaired) electrons. The van der Waals surface area contributed by atoms with Gasteiger partial charge < -0.3 is 5.43 Å². The maximum Gasteiger partial charge on any atom is 0.293 e. The van der Waals surface area contributed by atoms with Crippen molar-refractivity contribution in [3.05, 3.63) is 62.1 Å². The summed E-state index contributed by atoms with van der Waals surface area (Å²) in [6.45, 7) is 1.99. The van der Waals surface area contributed by atoms with Crippen LogP contribution in [-0.4, -0.2) is 14.7 Å². The molecule has 0 fully saturated rings. The summed E-state index contributed by atoms with van der Waals surface area (Å²) in [6.07, 6.45) is 1.58. The summed E-state index contributed by atoms with van der Waals surface area (Å²) >= 11 is 0. The van der Waals surface area contributed by atoms with Gasteiger partial charge in [-0.1, -0.05) is 6.07 Å². The molecule has 0 aliphatic carbocycles. The SMILES string of the molecule is Cc1cnn(Cc2ccc([N+](=O)[O-])c(NN)c2)c(=O)c1. The monoisotopic (exact) mass is 275 g/mol. The third-order valence-electron chi connectivity index (χ3n) is 2.75. The van der Waals surface area contributed by atoms with Crippen molar-refractivity contribution in [2.75, 3.05) is 5.43 Å². The number of aromatic nitrogens is 2. The Morgan fingerprint density at radius 1 is 1.45 bits per heavy atom. The summed E-state index contributed by atoms with van der Waals surface area (Å²) in [5, 5.41) is 14.8. The van der Waals surface area contributed by atoms with Crippen LogP contribution in [0.5, 0.6) is 0 Å². The molecular weight excluding hydrogens is 262 g/mol. The molecule has 0 saturated heterocycles. The fourth-order valence-corrected chi connectivity index (χ4v) is 1.77. The highest BCUT2D eigenvalue weighted by molar-refractivity contribution is 5.62. The summed E-state index contributed by atoms with van der Waals surface area (Å²) in [5.74, 6) is 5.26. The van der Waals surface area contributed by atoms with Crippen molar-refractivity contribution in [3.63, 3.8) is 0 Å². The predicted molar refractivity (Wildman–Crippen MR) is 73.2 cm³/mol. The van der Waals surface area contributed by atoms with Crippen LogP contribution < -0.4 is 16.8 Å². The first kappa shape index (κ1) is 13.7. The van der Waals surface area contributed by atoms with Crippen molar-refractivity contribution in [2.45, 2.75) is 13.5 Å². The summed E-state index contributed by atoms with van der Waals surface area (Å²) in [5.41, 5.74) is 3.57. The quantitative estimate of drug-likeness (QED) is 0.484. The van der Waals surface area contributed by atoms with Gasteiger partial charge in [0.15, 0.2) is 0 Å². The second-order valence-corrected chi connectivity index (χ2v) is 4.28. The number of hydrazine groups is 1. The Labute approximate surface area is 114 Å². The van der Waals surface area contributed by atoms with Gasteiger partial charge in [-0.2, -0.15) is 5.10 Å². The zero-order valence-electron chi connectivity index (χ0n) is 10.7. The molecule has 0 aliphatic heterocycles. The lowest BCUT2D eigenvalue weighted by molar-refractivity contribution is -0.384. The van der Waals surface area contributed by atoms with Crippen LogP contribution in [0.3, 0.4) is 0 Å². The Hall–Kier alpha value is -2.74. The van der Waals surface area contributed by atoms with Crippen molar-refractivity contribution >= 4 is 11.4 Å². The normalized spacial score (nSPS) is 10.3. The Morgan fingerprint density at radius 2 is 2.20 bits per heavy atom. The van der Waals surface area contributed by atoms with E-state index in [4.69, 9.17) is 5.84 Å². The fourth-order valence-electron chi connectivity index (χ4n) is 1.77. The molecule has 0 bridgehead atoms. The summed E-state index contributed by atoms with van der Waals surface area (Å²) in [6, 6.07) is 5.89. The lowest BCUT2D eigenvalue weighted by Crippen LogP contribution is -2.22. The lowest BCUT2D eigenvalue weighted by Gasteiger charge is -2.07. The molecule has 104 valence electrons. The minimum atomic E-state index is -0.532. The van der Waals surface area contributed by atoms with Gasteiger partial charge in [0.1, 0.15) is 5.69 Å². The van der Waals surface area contributed by atoms with E-state index in [0.29, 0.717) is 5.56 Å². The van der Waals surface area contributed by atoms with Crippen LogP contribution in [-0.2, 0) is 6.54 Å². The molecule has 20 heavy (non-hydrogen) atoms. The molecule has 0 spiro atoms. The maximum atomic E-state index is 11.7. The number of anilines is 1. The number of nitrogens with two attached hydrogens (primary N) is 1. The average Bonchev–Trinajstić information content (AvgIpc) is 2.41. The summed E-state index contributed by atoms with van der Waals surface area (Å²) < 4.78 is 1.27. The van der Waals surface area contributed by atoms with E-state index >= 15 is 0 Å². The van der Waals surface area contributed by atoms with Crippen LogP contribution in [0.25, 0.3) is 0 Å². The molecule has 3 N–H and O–H groups in total. The van der Waals surface area contributed by atoms with Crippen LogP contribution in [0, 0.1) is 17.0 Å². The minimum absolute atomic E-state index is 0.125. The largest absolute Gasteiger partial charge is 0.318 e. The highest BCUT2D eigenvalue weighted by Crippen LogP contribution is 2.24.